The lowest BCUT2D eigenvalue weighted by Crippen LogP contribution is -2.59. The van der Waals surface area contributed by atoms with Gasteiger partial charge >= 0.3 is 0 Å². The Morgan fingerprint density at radius 1 is 1.13 bits per heavy atom. The molecule has 1 aromatic carbocycles. The predicted molar refractivity (Wildman–Crippen MR) is 182 cm³/mol. The number of likely N-dealkylation sites (tertiary alicyclic amines) is 1. The summed E-state index contributed by atoms with van der Waals surface area (Å²) in [6, 6.07) is 6.17. The molecule has 0 radical (unpaired) electrons. The second-order valence-electron chi connectivity index (χ2n) is 13.2. The molecule has 4 rings (SSSR count). The summed E-state index contributed by atoms with van der Waals surface area (Å²) in [6.07, 6.45) is 7.68. The number of aliphatic hydroxyl groups excluding tert-OH is 1. The maximum absolute atomic E-state index is 14.8. The minimum atomic E-state index is -0.758. The third-order valence-electron chi connectivity index (χ3n) is 9.78. The fourth-order valence-electron chi connectivity index (χ4n) is 7.93. The number of ether oxygens (including phenoxy) is 1. The van der Waals surface area contributed by atoms with Gasteiger partial charge in [0, 0.05) is 30.6 Å². The lowest BCUT2D eigenvalue weighted by atomic mass is 9.65. The fraction of sp³-hybridized carbons (Fsp3) is 0.639. The van der Waals surface area contributed by atoms with Crippen LogP contribution in [-0.2, 0) is 14.4 Å². The van der Waals surface area contributed by atoms with Crippen LogP contribution in [0.1, 0.15) is 66.7 Å². The zero-order valence-corrected chi connectivity index (χ0v) is 28.6. The molecule has 3 aliphatic heterocycles. The maximum Gasteiger partial charge on any atom is 0.247 e. The van der Waals surface area contributed by atoms with Crippen LogP contribution < -0.4 is 9.64 Å². The molecule has 7 atom stereocenters. The summed E-state index contributed by atoms with van der Waals surface area (Å²) >= 11 is 1.68. The van der Waals surface area contributed by atoms with Crippen molar-refractivity contribution in [3.8, 4) is 5.75 Å². The fourth-order valence-corrected chi connectivity index (χ4v) is 10.3. The third kappa shape index (κ3) is 6.57. The van der Waals surface area contributed by atoms with Crippen molar-refractivity contribution in [1.29, 1.82) is 0 Å². The van der Waals surface area contributed by atoms with E-state index in [4.69, 9.17) is 4.74 Å². The van der Waals surface area contributed by atoms with E-state index in [9.17, 15) is 19.5 Å². The predicted octanol–water partition coefficient (Wildman–Crippen LogP) is 5.55. The molecule has 3 amide bonds. The van der Waals surface area contributed by atoms with E-state index >= 15 is 0 Å². The number of unbranched alkanes of at least 4 members (excludes halogenated alkanes) is 2. The molecule has 248 valence electrons. The second-order valence-corrected chi connectivity index (χ2v) is 14.8. The first-order chi connectivity index (χ1) is 21.6. The number of hydrogen-bond donors (Lipinski definition) is 1. The van der Waals surface area contributed by atoms with Gasteiger partial charge in [-0.15, -0.1) is 24.9 Å². The van der Waals surface area contributed by atoms with Crippen LogP contribution in [-0.4, -0.2) is 87.6 Å². The molecule has 1 aromatic rings. The molecule has 8 nitrogen and oxygen atoms in total. The third-order valence-corrected chi connectivity index (χ3v) is 11.9. The molecule has 3 unspecified atom stereocenters. The Labute approximate surface area is 274 Å². The molecule has 9 heteroatoms. The molecule has 2 bridgehead atoms. The molecular weight excluding hydrogens is 586 g/mol. The summed E-state index contributed by atoms with van der Waals surface area (Å²) in [5.74, 6) is -0.654. The molecule has 3 saturated heterocycles. The first-order valence-corrected chi connectivity index (χ1v) is 17.6. The van der Waals surface area contributed by atoms with E-state index in [1.165, 1.54) is 0 Å². The molecule has 0 aliphatic carbocycles. The van der Waals surface area contributed by atoms with Gasteiger partial charge in [-0.2, -0.15) is 0 Å². The molecule has 0 saturated carbocycles. The number of benzene rings is 1. The van der Waals surface area contributed by atoms with Crippen molar-refractivity contribution in [1.82, 2.24) is 9.80 Å². The molecule has 1 spiro atoms. The minimum Gasteiger partial charge on any atom is -0.494 e. The summed E-state index contributed by atoms with van der Waals surface area (Å²) < 4.78 is 4.86. The summed E-state index contributed by atoms with van der Waals surface area (Å²) in [4.78, 5) is 49.5. The lowest BCUT2D eigenvalue weighted by molar-refractivity contribution is -0.146. The van der Waals surface area contributed by atoms with Crippen molar-refractivity contribution >= 4 is 35.2 Å². The van der Waals surface area contributed by atoms with Gasteiger partial charge in [0.25, 0.3) is 0 Å². The largest absolute Gasteiger partial charge is 0.494 e. The van der Waals surface area contributed by atoms with Crippen molar-refractivity contribution in [2.45, 2.75) is 88.8 Å². The smallest absolute Gasteiger partial charge is 0.247 e. The standard InChI is InChI=1S/C36H53N3O5S/c1-8-12-13-20-37(18-9-2)35(43)32-36-25(7)22-29(45-36)30(31(36)34(42)39(32)27(23-40)21-24(5)6)33(41)38(19-10-3)26-14-16-28(17-15-26)44-11-4/h9-10,14-17,24-25,27,29-32,40H,2-3,8,11-13,18-23H2,1,4-7H3/t25?,27-,29-,30+,31+,32?,36?/m1/s1. The number of rotatable bonds is 17. The number of anilines is 1. The van der Waals surface area contributed by atoms with Gasteiger partial charge in [0.2, 0.25) is 17.7 Å². The van der Waals surface area contributed by atoms with Gasteiger partial charge in [-0.25, -0.2) is 0 Å². The van der Waals surface area contributed by atoms with Gasteiger partial charge < -0.3 is 24.5 Å². The van der Waals surface area contributed by atoms with Crippen LogP contribution >= 0.6 is 11.8 Å². The average Bonchev–Trinajstić information content (AvgIpc) is 3.61. The Kier molecular flexibility index (Phi) is 11.9. The summed E-state index contributed by atoms with van der Waals surface area (Å²) in [5.41, 5.74) is 0.717. The highest BCUT2D eigenvalue weighted by molar-refractivity contribution is 8.02. The molecule has 3 aliphatic rings. The molecule has 3 fully saturated rings. The molecular formula is C36H53N3O5S. The Morgan fingerprint density at radius 3 is 2.40 bits per heavy atom. The van der Waals surface area contributed by atoms with Crippen LogP contribution in [0.25, 0.3) is 0 Å². The zero-order chi connectivity index (χ0) is 32.9. The van der Waals surface area contributed by atoms with Gasteiger partial charge in [0.15, 0.2) is 0 Å². The first-order valence-electron chi connectivity index (χ1n) is 16.8. The van der Waals surface area contributed by atoms with Crippen molar-refractivity contribution in [3.63, 3.8) is 0 Å². The summed E-state index contributed by atoms with van der Waals surface area (Å²) in [7, 11) is 0. The summed E-state index contributed by atoms with van der Waals surface area (Å²) in [5, 5.41) is 10.6. The van der Waals surface area contributed by atoms with Gasteiger partial charge in [-0.1, -0.05) is 52.7 Å². The minimum absolute atomic E-state index is 0.0439. The van der Waals surface area contributed by atoms with Crippen molar-refractivity contribution in [2.75, 3.05) is 37.7 Å². The Hall–Kier alpha value is -2.78. The lowest BCUT2D eigenvalue weighted by Gasteiger charge is -2.42. The SMILES string of the molecule is C=CCN(CCCCC)C(=O)C1N([C@@H](CO)CC(C)C)C(=O)[C@@H]2[C@@H](C(=O)N(CC=C)c3ccc(OCC)cc3)[C@H]3CC(C)C12S3. The molecule has 0 aromatic heterocycles. The number of thioether (sulfide) groups is 1. The maximum atomic E-state index is 14.8. The number of hydrogen-bond acceptors (Lipinski definition) is 6. The number of aliphatic hydroxyl groups is 1. The van der Waals surface area contributed by atoms with Crippen LogP contribution in [0.2, 0.25) is 0 Å². The average molecular weight is 640 g/mol. The molecule has 3 heterocycles. The van der Waals surface area contributed by atoms with Crippen LogP contribution in [0.3, 0.4) is 0 Å². The Bertz CT molecular complexity index is 1220. The zero-order valence-electron chi connectivity index (χ0n) is 27.8. The number of carbonyl (C=O) groups excluding carboxylic acids is 3. The van der Waals surface area contributed by atoms with E-state index in [-0.39, 0.29) is 41.4 Å². The normalized spacial score (nSPS) is 27.4. The van der Waals surface area contributed by atoms with Gasteiger partial charge in [0.05, 0.1) is 35.8 Å². The monoisotopic (exact) mass is 639 g/mol. The second kappa shape index (κ2) is 15.2. The number of fused-ring (bicyclic) bond motifs is 1. The number of amides is 3. The topological polar surface area (TPSA) is 90.4 Å². The van der Waals surface area contributed by atoms with Gasteiger partial charge in [-0.3, -0.25) is 14.4 Å². The van der Waals surface area contributed by atoms with Gasteiger partial charge in [-0.05, 0) is 62.3 Å². The molecule has 1 N–H and O–H groups in total. The number of carbonyl (C=O) groups is 3. The van der Waals surface area contributed by atoms with Crippen LogP contribution in [0.5, 0.6) is 5.75 Å². The van der Waals surface area contributed by atoms with Crippen LogP contribution in [0.4, 0.5) is 5.69 Å². The highest BCUT2D eigenvalue weighted by atomic mass is 32.2. The Morgan fingerprint density at radius 2 is 1.82 bits per heavy atom. The molecule has 45 heavy (non-hydrogen) atoms. The van der Waals surface area contributed by atoms with E-state index in [1.807, 2.05) is 36.1 Å². The summed E-state index contributed by atoms with van der Waals surface area (Å²) in [6.45, 7) is 19.7. The number of nitrogens with zero attached hydrogens (tertiary/aromatic N) is 3. The van der Waals surface area contributed by atoms with Crippen LogP contribution in [0.15, 0.2) is 49.6 Å². The quantitative estimate of drug-likeness (QED) is 0.178. The van der Waals surface area contributed by atoms with Gasteiger partial charge in [0.1, 0.15) is 11.8 Å². The van der Waals surface area contributed by atoms with Crippen LogP contribution in [0, 0.1) is 23.7 Å². The highest BCUT2D eigenvalue weighted by Crippen LogP contribution is 2.69. The van der Waals surface area contributed by atoms with E-state index in [0.717, 1.165) is 31.4 Å². The van der Waals surface area contributed by atoms with E-state index < -0.39 is 28.7 Å². The van der Waals surface area contributed by atoms with E-state index in [1.54, 1.807) is 33.7 Å². The Balaban J connectivity index is 1.79. The van der Waals surface area contributed by atoms with Crippen molar-refractivity contribution < 1.29 is 24.2 Å². The van der Waals surface area contributed by atoms with Crippen molar-refractivity contribution in [2.24, 2.45) is 23.7 Å². The first kappa shape index (κ1) is 35.1. The highest BCUT2D eigenvalue weighted by Gasteiger charge is 2.77. The van der Waals surface area contributed by atoms with E-state index in [0.29, 0.717) is 38.3 Å². The van der Waals surface area contributed by atoms with E-state index in [2.05, 4.69) is 40.9 Å². The van der Waals surface area contributed by atoms with Crippen molar-refractivity contribution in [3.05, 3.63) is 49.6 Å².